The second kappa shape index (κ2) is 6.05. The molecular formula is C11H12F2O3. The van der Waals surface area contributed by atoms with E-state index >= 15 is 0 Å². The van der Waals surface area contributed by atoms with E-state index in [2.05, 4.69) is 4.74 Å². The highest BCUT2D eigenvalue weighted by Crippen LogP contribution is 2.32. The van der Waals surface area contributed by atoms with Crippen LogP contribution in [0, 0.1) is 0 Å². The smallest absolute Gasteiger partial charge is 0.387 e. The molecule has 0 amide bonds. The summed E-state index contributed by atoms with van der Waals surface area (Å²) in [5.41, 5.74) is 0.674. The average Bonchev–Trinajstić information content (AvgIpc) is 2.25. The molecule has 3 nitrogen and oxygen atoms in total. The first kappa shape index (κ1) is 12.4. The maximum absolute atomic E-state index is 12.1. The van der Waals surface area contributed by atoms with Crippen molar-refractivity contribution < 1.29 is 23.0 Å². The van der Waals surface area contributed by atoms with Crippen molar-refractivity contribution in [3.05, 3.63) is 23.8 Å². The molecule has 0 bridgehead atoms. The summed E-state index contributed by atoms with van der Waals surface area (Å²) in [5.74, 6) is 0.241. The number of hydrogen-bond acceptors (Lipinski definition) is 3. The maximum Gasteiger partial charge on any atom is 0.387 e. The molecule has 1 aromatic carbocycles. The number of aryl methyl sites for hydroxylation is 1. The molecule has 0 saturated carbocycles. The largest absolute Gasteiger partial charge is 0.493 e. The van der Waals surface area contributed by atoms with E-state index in [0.717, 1.165) is 6.29 Å². The van der Waals surface area contributed by atoms with Crippen LogP contribution in [0.25, 0.3) is 0 Å². The van der Waals surface area contributed by atoms with Gasteiger partial charge in [0.2, 0.25) is 0 Å². The zero-order valence-corrected chi connectivity index (χ0v) is 8.78. The molecule has 0 atom stereocenters. The Balaban J connectivity index is 2.95. The first-order valence-electron chi connectivity index (χ1n) is 4.73. The first-order chi connectivity index (χ1) is 7.69. The lowest BCUT2D eigenvalue weighted by Crippen LogP contribution is -2.05. The summed E-state index contributed by atoms with van der Waals surface area (Å²) >= 11 is 0. The standard InChI is InChI=1S/C11H12F2O3/c1-15-10-8(5-3-7-14)4-2-6-9(10)16-11(12)13/h2,4,6-7,11H,3,5H2,1H3. The van der Waals surface area contributed by atoms with Crippen LogP contribution in [0.1, 0.15) is 12.0 Å². The van der Waals surface area contributed by atoms with Crippen molar-refractivity contribution in [1.82, 2.24) is 0 Å². The minimum atomic E-state index is -2.89. The quantitative estimate of drug-likeness (QED) is 0.704. The third-order valence-corrected chi connectivity index (χ3v) is 2.01. The Morgan fingerprint density at radius 2 is 2.19 bits per heavy atom. The van der Waals surface area contributed by atoms with Gasteiger partial charge in [0, 0.05) is 6.42 Å². The van der Waals surface area contributed by atoms with E-state index < -0.39 is 6.61 Å². The Kier molecular flexibility index (Phi) is 4.69. The molecule has 0 radical (unpaired) electrons. The molecular weight excluding hydrogens is 218 g/mol. The SMILES string of the molecule is COc1c(CCC=O)cccc1OC(F)F. The van der Waals surface area contributed by atoms with Gasteiger partial charge in [-0.25, -0.2) is 0 Å². The Morgan fingerprint density at radius 3 is 2.75 bits per heavy atom. The van der Waals surface area contributed by atoms with Crippen LogP contribution in [0.4, 0.5) is 8.78 Å². The molecule has 1 rings (SSSR count). The van der Waals surface area contributed by atoms with Crippen molar-refractivity contribution in [2.45, 2.75) is 19.5 Å². The fourth-order valence-electron chi connectivity index (χ4n) is 1.39. The summed E-state index contributed by atoms with van der Waals surface area (Å²) in [5, 5.41) is 0. The van der Waals surface area contributed by atoms with Crippen LogP contribution in [0.3, 0.4) is 0 Å². The van der Waals surface area contributed by atoms with Gasteiger partial charge in [-0.05, 0) is 18.1 Å². The zero-order valence-electron chi connectivity index (χ0n) is 8.78. The highest BCUT2D eigenvalue weighted by molar-refractivity contribution is 5.52. The summed E-state index contributed by atoms with van der Waals surface area (Å²) in [7, 11) is 1.37. The van der Waals surface area contributed by atoms with E-state index in [9.17, 15) is 13.6 Å². The summed E-state index contributed by atoms with van der Waals surface area (Å²) in [4.78, 5) is 10.2. The van der Waals surface area contributed by atoms with Crippen LogP contribution in [-0.2, 0) is 11.2 Å². The number of methoxy groups -OCH3 is 1. The molecule has 0 fully saturated rings. The van der Waals surface area contributed by atoms with Crippen molar-refractivity contribution in [3.63, 3.8) is 0 Å². The van der Waals surface area contributed by atoms with Gasteiger partial charge in [-0.15, -0.1) is 0 Å². The van der Waals surface area contributed by atoms with Gasteiger partial charge < -0.3 is 14.3 Å². The van der Waals surface area contributed by atoms with Crippen molar-refractivity contribution in [3.8, 4) is 11.5 Å². The van der Waals surface area contributed by atoms with Gasteiger partial charge in [-0.3, -0.25) is 0 Å². The van der Waals surface area contributed by atoms with E-state index in [1.54, 1.807) is 12.1 Å². The van der Waals surface area contributed by atoms with Gasteiger partial charge >= 0.3 is 6.61 Å². The van der Waals surface area contributed by atoms with E-state index in [1.807, 2.05) is 0 Å². The Morgan fingerprint density at radius 1 is 1.44 bits per heavy atom. The minimum Gasteiger partial charge on any atom is -0.493 e. The molecule has 0 aromatic heterocycles. The summed E-state index contributed by atoms with van der Waals surface area (Å²) in [6.07, 6.45) is 1.52. The van der Waals surface area contributed by atoms with E-state index in [1.165, 1.54) is 13.2 Å². The van der Waals surface area contributed by atoms with Gasteiger partial charge in [0.05, 0.1) is 7.11 Å². The summed E-state index contributed by atoms with van der Waals surface area (Å²) < 4.78 is 33.5. The van der Waals surface area contributed by atoms with Gasteiger partial charge in [0.15, 0.2) is 11.5 Å². The minimum absolute atomic E-state index is 0.0131. The number of halogens is 2. The lowest BCUT2D eigenvalue weighted by atomic mass is 10.1. The first-order valence-corrected chi connectivity index (χ1v) is 4.73. The molecule has 0 aliphatic rings. The molecule has 16 heavy (non-hydrogen) atoms. The van der Waals surface area contributed by atoms with Gasteiger partial charge in [0.25, 0.3) is 0 Å². The summed E-state index contributed by atoms with van der Waals surface area (Å²) in [6.45, 7) is -2.89. The van der Waals surface area contributed by atoms with Crippen LogP contribution in [0.2, 0.25) is 0 Å². The third kappa shape index (κ3) is 3.18. The maximum atomic E-state index is 12.1. The Hall–Kier alpha value is -1.65. The van der Waals surface area contributed by atoms with Crippen molar-refractivity contribution >= 4 is 6.29 Å². The number of aldehydes is 1. The van der Waals surface area contributed by atoms with Crippen LogP contribution < -0.4 is 9.47 Å². The molecule has 1 aromatic rings. The van der Waals surface area contributed by atoms with Gasteiger partial charge in [0.1, 0.15) is 6.29 Å². The zero-order chi connectivity index (χ0) is 12.0. The number of ether oxygens (including phenoxy) is 2. The van der Waals surface area contributed by atoms with E-state index in [-0.39, 0.29) is 11.5 Å². The molecule has 0 aliphatic carbocycles. The van der Waals surface area contributed by atoms with Crippen LogP contribution >= 0.6 is 0 Å². The number of carbonyl (C=O) groups is 1. The fourth-order valence-corrected chi connectivity index (χ4v) is 1.39. The highest BCUT2D eigenvalue weighted by Gasteiger charge is 2.13. The number of alkyl halides is 2. The van der Waals surface area contributed by atoms with Crippen LogP contribution in [0.15, 0.2) is 18.2 Å². The van der Waals surface area contributed by atoms with E-state index in [4.69, 9.17) is 4.74 Å². The molecule has 0 saturated heterocycles. The lowest BCUT2D eigenvalue weighted by Gasteiger charge is -2.13. The lowest BCUT2D eigenvalue weighted by molar-refractivity contribution is -0.107. The predicted octanol–water partition coefficient (Wildman–Crippen LogP) is 2.43. The second-order valence-corrected chi connectivity index (χ2v) is 3.03. The molecule has 0 spiro atoms. The number of carbonyl (C=O) groups excluding carboxylic acids is 1. The van der Waals surface area contributed by atoms with Gasteiger partial charge in [-0.1, -0.05) is 12.1 Å². The molecule has 0 aliphatic heterocycles. The van der Waals surface area contributed by atoms with Gasteiger partial charge in [-0.2, -0.15) is 8.78 Å². The molecule has 0 heterocycles. The third-order valence-electron chi connectivity index (χ3n) is 2.01. The van der Waals surface area contributed by atoms with Crippen molar-refractivity contribution in [1.29, 1.82) is 0 Å². The normalized spacial score (nSPS) is 10.2. The number of rotatable bonds is 6. The molecule has 5 heteroatoms. The van der Waals surface area contributed by atoms with Crippen LogP contribution in [0.5, 0.6) is 11.5 Å². The predicted molar refractivity (Wildman–Crippen MR) is 54.0 cm³/mol. The number of para-hydroxylation sites is 1. The highest BCUT2D eigenvalue weighted by atomic mass is 19.3. The molecule has 0 N–H and O–H groups in total. The van der Waals surface area contributed by atoms with E-state index in [0.29, 0.717) is 18.4 Å². The van der Waals surface area contributed by atoms with Crippen molar-refractivity contribution in [2.24, 2.45) is 0 Å². The fraction of sp³-hybridized carbons (Fsp3) is 0.364. The molecule has 88 valence electrons. The van der Waals surface area contributed by atoms with Crippen molar-refractivity contribution in [2.75, 3.05) is 7.11 Å². The Bertz CT molecular complexity index is 353. The monoisotopic (exact) mass is 230 g/mol. The Labute approximate surface area is 92.0 Å². The topological polar surface area (TPSA) is 35.5 Å². The summed E-state index contributed by atoms with van der Waals surface area (Å²) in [6, 6.07) is 4.69. The second-order valence-electron chi connectivity index (χ2n) is 3.03. The number of hydrogen-bond donors (Lipinski definition) is 0. The molecule has 0 unspecified atom stereocenters. The average molecular weight is 230 g/mol. The van der Waals surface area contributed by atoms with Crippen LogP contribution in [-0.4, -0.2) is 20.0 Å². The number of benzene rings is 1.